The van der Waals surface area contributed by atoms with Crippen LogP contribution in [0.25, 0.3) is 0 Å². The Hall–Kier alpha value is -3.43. The maximum atomic E-state index is 6.03. The van der Waals surface area contributed by atoms with Crippen molar-refractivity contribution in [2.75, 3.05) is 54.6 Å². The first-order valence-electron chi connectivity index (χ1n) is 12.3. The molecule has 0 radical (unpaired) electrons. The summed E-state index contributed by atoms with van der Waals surface area (Å²) in [6.45, 7) is 5.18. The smallest absolute Gasteiger partial charge is 0.250 e. The van der Waals surface area contributed by atoms with Gasteiger partial charge >= 0.3 is 0 Å². The van der Waals surface area contributed by atoms with E-state index in [0.717, 1.165) is 55.9 Å². The van der Waals surface area contributed by atoms with E-state index in [9.17, 15) is 0 Å². The number of benzene rings is 2. The van der Waals surface area contributed by atoms with Gasteiger partial charge in [-0.25, -0.2) is 5.43 Å². The molecule has 2 aliphatic heterocycles. The number of rotatable bonds is 8. The highest BCUT2D eigenvalue weighted by Crippen LogP contribution is 2.22. The van der Waals surface area contributed by atoms with Gasteiger partial charge in [0.1, 0.15) is 12.4 Å². The summed E-state index contributed by atoms with van der Waals surface area (Å²) in [4.78, 5) is 18.4. The Morgan fingerprint density at radius 3 is 2.33 bits per heavy atom. The number of hydrogen-bond acceptors (Lipinski definition) is 9. The predicted octanol–water partition coefficient (Wildman–Crippen LogP) is 4.38. The minimum absolute atomic E-state index is 0.419. The minimum atomic E-state index is 0.419. The van der Waals surface area contributed by atoms with Crippen LogP contribution in [0.4, 0.5) is 17.8 Å². The molecule has 2 fully saturated rings. The summed E-state index contributed by atoms with van der Waals surface area (Å²) in [5.74, 6) is 2.49. The van der Waals surface area contributed by atoms with Gasteiger partial charge in [-0.3, -0.25) is 0 Å². The topological polar surface area (TPSA) is 88.0 Å². The molecule has 2 aromatic carbocycles. The van der Waals surface area contributed by atoms with Crippen LogP contribution in [0.5, 0.6) is 5.75 Å². The highest BCUT2D eigenvalue weighted by molar-refractivity contribution is 6.30. The Bertz CT molecular complexity index is 1130. The van der Waals surface area contributed by atoms with E-state index in [1.807, 2.05) is 48.5 Å². The number of anilines is 3. The molecule has 36 heavy (non-hydrogen) atoms. The van der Waals surface area contributed by atoms with Crippen molar-refractivity contribution in [2.45, 2.75) is 25.9 Å². The van der Waals surface area contributed by atoms with Crippen LogP contribution >= 0.6 is 11.6 Å². The second-order valence-corrected chi connectivity index (χ2v) is 9.17. The molecule has 1 aromatic heterocycles. The van der Waals surface area contributed by atoms with Crippen LogP contribution in [0.15, 0.2) is 53.6 Å². The molecule has 0 aliphatic carbocycles. The van der Waals surface area contributed by atoms with Gasteiger partial charge in [0.25, 0.3) is 0 Å². The molecule has 1 N–H and O–H groups in total. The highest BCUT2D eigenvalue weighted by atomic mass is 35.5. The van der Waals surface area contributed by atoms with Gasteiger partial charge in [-0.1, -0.05) is 35.9 Å². The number of para-hydroxylation sites is 1. The Morgan fingerprint density at radius 2 is 1.58 bits per heavy atom. The molecule has 5 rings (SSSR count). The highest BCUT2D eigenvalue weighted by Gasteiger charge is 2.20. The van der Waals surface area contributed by atoms with Crippen LogP contribution in [-0.2, 0) is 11.3 Å². The van der Waals surface area contributed by atoms with Crippen LogP contribution in [0.1, 0.15) is 30.4 Å². The second-order valence-electron chi connectivity index (χ2n) is 8.73. The Labute approximate surface area is 216 Å². The molecule has 0 spiro atoms. The van der Waals surface area contributed by atoms with Crippen molar-refractivity contribution >= 4 is 35.7 Å². The Kier molecular flexibility index (Phi) is 8.10. The predicted molar refractivity (Wildman–Crippen MR) is 142 cm³/mol. The number of nitrogens with zero attached hydrogens (tertiary/aromatic N) is 6. The summed E-state index contributed by atoms with van der Waals surface area (Å²) >= 11 is 5.98. The molecule has 0 bridgehead atoms. The molecule has 9 nitrogen and oxygen atoms in total. The maximum Gasteiger partial charge on any atom is 0.250 e. The molecule has 0 unspecified atom stereocenters. The van der Waals surface area contributed by atoms with Gasteiger partial charge in [0, 0.05) is 36.8 Å². The molecule has 10 heteroatoms. The standard InChI is InChI=1S/C26H30ClN7O2/c27-22-10-8-20(9-11-22)19-36-23-7-3-2-6-21(23)18-28-32-24-29-25(33-12-4-1-5-13-33)31-26(30-24)34-14-16-35-17-15-34/h2-3,6-11,18H,1,4-5,12-17,19H2,(H,29,30,31,32)/b28-18+. The van der Waals surface area contributed by atoms with Gasteiger partial charge < -0.3 is 19.3 Å². The van der Waals surface area contributed by atoms with Crippen LogP contribution in [0, 0.1) is 0 Å². The van der Waals surface area contributed by atoms with Gasteiger partial charge in [0.2, 0.25) is 17.8 Å². The summed E-state index contributed by atoms with van der Waals surface area (Å²) in [5.41, 5.74) is 4.89. The van der Waals surface area contributed by atoms with E-state index >= 15 is 0 Å². The average Bonchev–Trinajstić information content (AvgIpc) is 2.94. The fraction of sp³-hybridized carbons (Fsp3) is 0.385. The monoisotopic (exact) mass is 507 g/mol. The zero-order valence-corrected chi connectivity index (χ0v) is 20.9. The molecule has 0 saturated carbocycles. The SMILES string of the molecule is Clc1ccc(COc2ccccc2/C=N/Nc2nc(N3CCCCC3)nc(N3CCOCC3)n2)cc1. The van der Waals surface area contributed by atoms with Gasteiger partial charge in [-0.05, 0) is 49.1 Å². The molecule has 0 atom stereocenters. The lowest BCUT2D eigenvalue weighted by atomic mass is 10.1. The number of ether oxygens (including phenoxy) is 2. The molecular weight excluding hydrogens is 478 g/mol. The van der Waals surface area contributed by atoms with Crippen molar-refractivity contribution in [3.63, 3.8) is 0 Å². The lowest BCUT2D eigenvalue weighted by Crippen LogP contribution is -2.38. The van der Waals surface area contributed by atoms with Gasteiger partial charge in [0.05, 0.1) is 19.4 Å². The Balaban J connectivity index is 1.31. The second kappa shape index (κ2) is 12.0. The van der Waals surface area contributed by atoms with E-state index in [0.29, 0.717) is 42.7 Å². The first kappa shape index (κ1) is 24.3. The summed E-state index contributed by atoms with van der Waals surface area (Å²) in [7, 11) is 0. The summed E-state index contributed by atoms with van der Waals surface area (Å²) in [5, 5.41) is 5.13. The molecule has 2 aliphatic rings. The van der Waals surface area contributed by atoms with E-state index < -0.39 is 0 Å². The van der Waals surface area contributed by atoms with Crippen molar-refractivity contribution in [1.82, 2.24) is 15.0 Å². The van der Waals surface area contributed by atoms with E-state index in [2.05, 4.69) is 30.3 Å². The van der Waals surface area contributed by atoms with E-state index in [-0.39, 0.29) is 0 Å². The van der Waals surface area contributed by atoms with Gasteiger partial charge in [-0.15, -0.1) is 0 Å². The van der Waals surface area contributed by atoms with Crippen LogP contribution in [0.3, 0.4) is 0 Å². The van der Waals surface area contributed by atoms with Crippen molar-refractivity contribution in [3.8, 4) is 5.75 Å². The molecular formula is C26H30ClN7O2. The summed E-state index contributed by atoms with van der Waals surface area (Å²) in [6.07, 6.45) is 5.25. The van der Waals surface area contributed by atoms with Crippen molar-refractivity contribution in [2.24, 2.45) is 5.10 Å². The lowest BCUT2D eigenvalue weighted by Gasteiger charge is -2.30. The first-order chi connectivity index (χ1) is 17.7. The third-order valence-electron chi connectivity index (χ3n) is 6.14. The van der Waals surface area contributed by atoms with Gasteiger partial charge in [-0.2, -0.15) is 20.1 Å². The normalized spacial score (nSPS) is 16.4. The number of morpholine rings is 1. The van der Waals surface area contributed by atoms with Crippen LogP contribution < -0.4 is 20.0 Å². The fourth-order valence-electron chi connectivity index (χ4n) is 4.16. The molecule has 3 heterocycles. The Morgan fingerprint density at radius 1 is 0.889 bits per heavy atom. The molecule has 0 amide bonds. The zero-order valence-electron chi connectivity index (χ0n) is 20.1. The molecule has 2 saturated heterocycles. The van der Waals surface area contributed by atoms with E-state index in [1.165, 1.54) is 6.42 Å². The first-order valence-corrected chi connectivity index (χ1v) is 12.7. The minimum Gasteiger partial charge on any atom is -0.488 e. The molecule has 188 valence electrons. The number of hydrazone groups is 1. The maximum absolute atomic E-state index is 6.03. The number of hydrogen-bond donors (Lipinski definition) is 1. The molecule has 3 aromatic rings. The summed E-state index contributed by atoms with van der Waals surface area (Å²) in [6, 6.07) is 15.4. The quantitative estimate of drug-likeness (QED) is 0.355. The van der Waals surface area contributed by atoms with Crippen LogP contribution in [0.2, 0.25) is 5.02 Å². The number of aromatic nitrogens is 3. The average molecular weight is 508 g/mol. The number of nitrogens with one attached hydrogen (secondary N) is 1. The fourth-order valence-corrected chi connectivity index (χ4v) is 4.29. The van der Waals surface area contributed by atoms with Crippen molar-refractivity contribution < 1.29 is 9.47 Å². The lowest BCUT2D eigenvalue weighted by molar-refractivity contribution is 0.122. The van der Waals surface area contributed by atoms with Gasteiger partial charge in [0.15, 0.2) is 0 Å². The largest absolute Gasteiger partial charge is 0.488 e. The van der Waals surface area contributed by atoms with E-state index in [4.69, 9.17) is 26.1 Å². The third-order valence-corrected chi connectivity index (χ3v) is 6.39. The van der Waals surface area contributed by atoms with Crippen LogP contribution in [-0.4, -0.2) is 60.6 Å². The van der Waals surface area contributed by atoms with E-state index in [1.54, 1.807) is 6.21 Å². The number of halogens is 1. The summed E-state index contributed by atoms with van der Waals surface area (Å²) < 4.78 is 11.5. The zero-order chi connectivity index (χ0) is 24.6. The van der Waals surface area contributed by atoms with Crippen molar-refractivity contribution in [3.05, 3.63) is 64.7 Å². The number of piperidine rings is 1. The third kappa shape index (κ3) is 6.41. The van der Waals surface area contributed by atoms with Crippen molar-refractivity contribution in [1.29, 1.82) is 0 Å².